The van der Waals surface area contributed by atoms with Crippen molar-refractivity contribution in [1.29, 1.82) is 0 Å². The highest BCUT2D eigenvalue weighted by atomic mass is 35.5. The van der Waals surface area contributed by atoms with Crippen LogP contribution >= 0.6 is 11.6 Å². The van der Waals surface area contributed by atoms with E-state index in [2.05, 4.69) is 10.2 Å². The number of likely N-dealkylation sites (tertiary alicyclic amines) is 1. The molecule has 3 rings (SSSR count). The van der Waals surface area contributed by atoms with E-state index < -0.39 is 0 Å². The van der Waals surface area contributed by atoms with Gasteiger partial charge in [0.15, 0.2) is 0 Å². The fourth-order valence-corrected chi connectivity index (χ4v) is 3.82. The monoisotopic (exact) mass is 402 g/mol. The number of benzene rings is 2. The van der Waals surface area contributed by atoms with Crippen LogP contribution in [0.15, 0.2) is 42.5 Å². The second-order valence-corrected chi connectivity index (χ2v) is 7.40. The van der Waals surface area contributed by atoms with Gasteiger partial charge in [0.2, 0.25) is 5.91 Å². The normalized spacial score (nSPS) is 16.8. The standard InChI is InChI=1S/C22H27ClN2O3/c1-27-18-9-10-19(21(14-18)28-2)20-4-3-13-25(20)15-22(26)24-12-11-16-5-7-17(23)8-6-16/h5-10,14,20H,3-4,11-13,15H2,1-2H3,(H,24,26). The predicted octanol–water partition coefficient (Wildman–Crippen LogP) is 3.85. The van der Waals surface area contributed by atoms with E-state index in [4.69, 9.17) is 21.1 Å². The van der Waals surface area contributed by atoms with Gasteiger partial charge in [0.25, 0.3) is 0 Å². The quantitative estimate of drug-likeness (QED) is 0.728. The van der Waals surface area contributed by atoms with Crippen LogP contribution in [0, 0.1) is 0 Å². The largest absolute Gasteiger partial charge is 0.497 e. The molecule has 1 atom stereocenters. The van der Waals surface area contributed by atoms with Crippen molar-refractivity contribution >= 4 is 17.5 Å². The first kappa shape index (κ1) is 20.5. The smallest absolute Gasteiger partial charge is 0.234 e. The van der Waals surface area contributed by atoms with Crippen LogP contribution in [-0.4, -0.2) is 44.7 Å². The third-order valence-electron chi connectivity index (χ3n) is 5.16. The molecule has 2 aromatic carbocycles. The Bertz CT molecular complexity index is 795. The van der Waals surface area contributed by atoms with Crippen molar-refractivity contribution < 1.29 is 14.3 Å². The number of amides is 1. The second-order valence-electron chi connectivity index (χ2n) is 6.96. The van der Waals surface area contributed by atoms with Crippen molar-refractivity contribution in [3.05, 3.63) is 58.6 Å². The second kappa shape index (κ2) is 9.80. The number of ether oxygens (including phenoxy) is 2. The average molecular weight is 403 g/mol. The van der Waals surface area contributed by atoms with E-state index in [9.17, 15) is 4.79 Å². The molecule has 0 aromatic heterocycles. The maximum Gasteiger partial charge on any atom is 0.234 e. The predicted molar refractivity (Wildman–Crippen MR) is 111 cm³/mol. The van der Waals surface area contributed by atoms with Gasteiger partial charge in [0.1, 0.15) is 11.5 Å². The molecule has 150 valence electrons. The summed E-state index contributed by atoms with van der Waals surface area (Å²) in [6.07, 6.45) is 2.87. The minimum absolute atomic E-state index is 0.0494. The molecule has 1 heterocycles. The molecule has 0 aliphatic carbocycles. The van der Waals surface area contributed by atoms with E-state index in [1.165, 1.54) is 0 Å². The number of nitrogens with one attached hydrogen (secondary N) is 1. The minimum atomic E-state index is 0.0494. The van der Waals surface area contributed by atoms with Crippen LogP contribution in [0.1, 0.15) is 30.0 Å². The molecule has 6 heteroatoms. The molecule has 1 aliphatic rings. The van der Waals surface area contributed by atoms with Crippen molar-refractivity contribution in [2.45, 2.75) is 25.3 Å². The molecule has 1 fully saturated rings. The molecule has 1 unspecified atom stereocenters. The Morgan fingerprint density at radius 1 is 1.18 bits per heavy atom. The third-order valence-corrected chi connectivity index (χ3v) is 5.41. The van der Waals surface area contributed by atoms with Crippen molar-refractivity contribution in [2.75, 3.05) is 33.9 Å². The summed E-state index contributed by atoms with van der Waals surface area (Å²) in [5.74, 6) is 1.62. The maximum absolute atomic E-state index is 12.4. The number of methoxy groups -OCH3 is 2. The number of hydrogen-bond acceptors (Lipinski definition) is 4. The number of carbonyl (C=O) groups is 1. The Hall–Kier alpha value is -2.24. The van der Waals surface area contributed by atoms with Crippen molar-refractivity contribution in [3.8, 4) is 11.5 Å². The van der Waals surface area contributed by atoms with Gasteiger partial charge in [-0.1, -0.05) is 29.8 Å². The lowest BCUT2D eigenvalue weighted by Gasteiger charge is -2.25. The van der Waals surface area contributed by atoms with Gasteiger partial charge in [-0.15, -0.1) is 0 Å². The van der Waals surface area contributed by atoms with Crippen LogP contribution in [0.2, 0.25) is 5.02 Å². The number of halogens is 1. The van der Waals surface area contributed by atoms with E-state index in [-0.39, 0.29) is 11.9 Å². The number of carbonyl (C=O) groups excluding carboxylic acids is 1. The zero-order chi connectivity index (χ0) is 19.9. The van der Waals surface area contributed by atoms with E-state index in [1.54, 1.807) is 14.2 Å². The van der Waals surface area contributed by atoms with Crippen molar-refractivity contribution in [1.82, 2.24) is 10.2 Å². The molecule has 0 radical (unpaired) electrons. The van der Waals surface area contributed by atoms with Gasteiger partial charge >= 0.3 is 0 Å². The third kappa shape index (κ3) is 5.18. The molecular weight excluding hydrogens is 376 g/mol. The van der Waals surface area contributed by atoms with Gasteiger partial charge in [-0.2, -0.15) is 0 Å². The summed E-state index contributed by atoms with van der Waals surface area (Å²) < 4.78 is 10.8. The molecule has 1 saturated heterocycles. The van der Waals surface area contributed by atoms with Crippen LogP contribution in [0.25, 0.3) is 0 Å². The molecule has 0 bridgehead atoms. The van der Waals surface area contributed by atoms with Crippen LogP contribution in [-0.2, 0) is 11.2 Å². The summed E-state index contributed by atoms with van der Waals surface area (Å²) in [4.78, 5) is 14.7. The molecule has 0 spiro atoms. The van der Waals surface area contributed by atoms with Crippen molar-refractivity contribution in [2.24, 2.45) is 0 Å². The zero-order valence-corrected chi connectivity index (χ0v) is 17.2. The van der Waals surface area contributed by atoms with E-state index in [1.807, 2.05) is 42.5 Å². The summed E-state index contributed by atoms with van der Waals surface area (Å²) in [5, 5.41) is 3.75. The van der Waals surface area contributed by atoms with Gasteiger partial charge in [0.05, 0.1) is 20.8 Å². The first-order chi connectivity index (χ1) is 13.6. The molecule has 0 saturated carbocycles. The van der Waals surface area contributed by atoms with E-state index in [0.29, 0.717) is 13.1 Å². The summed E-state index contributed by atoms with van der Waals surface area (Å²) in [5.41, 5.74) is 2.27. The Morgan fingerprint density at radius 2 is 1.96 bits per heavy atom. The van der Waals surface area contributed by atoms with Crippen molar-refractivity contribution in [3.63, 3.8) is 0 Å². The Kier molecular flexibility index (Phi) is 7.18. The highest BCUT2D eigenvalue weighted by molar-refractivity contribution is 6.30. The van der Waals surface area contributed by atoms with Crippen LogP contribution in [0.3, 0.4) is 0 Å². The molecule has 2 aromatic rings. The van der Waals surface area contributed by atoms with Crippen LogP contribution in [0.4, 0.5) is 0 Å². The zero-order valence-electron chi connectivity index (χ0n) is 16.4. The number of rotatable bonds is 8. The van der Waals surface area contributed by atoms with Gasteiger partial charge in [-0.3, -0.25) is 9.69 Å². The lowest BCUT2D eigenvalue weighted by molar-refractivity contribution is -0.122. The lowest BCUT2D eigenvalue weighted by Crippen LogP contribution is -2.37. The minimum Gasteiger partial charge on any atom is -0.497 e. The highest BCUT2D eigenvalue weighted by Gasteiger charge is 2.29. The van der Waals surface area contributed by atoms with Gasteiger partial charge < -0.3 is 14.8 Å². The summed E-state index contributed by atoms with van der Waals surface area (Å²) in [6.45, 7) is 1.91. The maximum atomic E-state index is 12.4. The molecule has 1 amide bonds. The molecule has 28 heavy (non-hydrogen) atoms. The summed E-state index contributed by atoms with van der Waals surface area (Å²) >= 11 is 5.90. The fraction of sp³-hybridized carbons (Fsp3) is 0.409. The first-order valence-corrected chi connectivity index (χ1v) is 9.95. The molecule has 1 aliphatic heterocycles. The SMILES string of the molecule is COc1ccc(C2CCCN2CC(=O)NCCc2ccc(Cl)cc2)c(OC)c1. The Balaban J connectivity index is 1.56. The summed E-state index contributed by atoms with van der Waals surface area (Å²) in [7, 11) is 3.31. The van der Waals surface area contributed by atoms with Gasteiger partial charge in [-0.25, -0.2) is 0 Å². The van der Waals surface area contributed by atoms with E-state index in [0.717, 1.165) is 53.5 Å². The highest BCUT2D eigenvalue weighted by Crippen LogP contribution is 2.38. The molecular formula is C22H27ClN2O3. The van der Waals surface area contributed by atoms with Crippen LogP contribution in [0.5, 0.6) is 11.5 Å². The average Bonchev–Trinajstić information content (AvgIpc) is 3.16. The number of nitrogens with zero attached hydrogens (tertiary/aromatic N) is 1. The van der Waals surface area contributed by atoms with E-state index >= 15 is 0 Å². The van der Waals surface area contributed by atoms with Crippen LogP contribution < -0.4 is 14.8 Å². The Labute approximate surface area is 171 Å². The van der Waals surface area contributed by atoms with Gasteiger partial charge in [0, 0.05) is 29.2 Å². The lowest BCUT2D eigenvalue weighted by atomic mass is 10.0. The topological polar surface area (TPSA) is 50.8 Å². The van der Waals surface area contributed by atoms with Gasteiger partial charge in [-0.05, 0) is 49.6 Å². The molecule has 1 N–H and O–H groups in total. The molecule has 5 nitrogen and oxygen atoms in total. The fourth-order valence-electron chi connectivity index (χ4n) is 3.70. The Morgan fingerprint density at radius 3 is 2.68 bits per heavy atom. The first-order valence-electron chi connectivity index (χ1n) is 9.58. The number of hydrogen-bond donors (Lipinski definition) is 1. The summed E-state index contributed by atoms with van der Waals surface area (Å²) in [6, 6.07) is 13.8.